The van der Waals surface area contributed by atoms with E-state index in [9.17, 15) is 4.79 Å². The van der Waals surface area contributed by atoms with Gasteiger partial charge in [0.25, 0.3) is 0 Å². The molecule has 154 valence electrons. The molecule has 5 rings (SSSR count). The zero-order valence-corrected chi connectivity index (χ0v) is 16.9. The van der Waals surface area contributed by atoms with Crippen molar-refractivity contribution in [3.63, 3.8) is 0 Å². The van der Waals surface area contributed by atoms with Gasteiger partial charge in [0.1, 0.15) is 22.9 Å². The molecule has 1 fully saturated rings. The minimum Gasteiger partial charge on any atom is -0.382 e. The van der Waals surface area contributed by atoms with Crippen molar-refractivity contribution >= 4 is 39.7 Å². The molecule has 8 nitrogen and oxygen atoms in total. The van der Waals surface area contributed by atoms with Crippen LogP contribution in [-0.2, 0) is 4.79 Å². The maximum Gasteiger partial charge on any atom is 0.246 e. The summed E-state index contributed by atoms with van der Waals surface area (Å²) in [7, 11) is 0. The molecule has 1 aliphatic rings. The second kappa shape index (κ2) is 7.30. The molecule has 0 spiro atoms. The molecule has 0 saturated heterocycles. The molecular formula is C21H21ClN6O2. The molecule has 4 aromatic rings. The molecule has 9 heteroatoms. The zero-order chi connectivity index (χ0) is 20.8. The van der Waals surface area contributed by atoms with Gasteiger partial charge in [-0.3, -0.25) is 14.4 Å². The third-order valence-corrected chi connectivity index (χ3v) is 6.36. The largest absolute Gasteiger partial charge is 0.382 e. The highest BCUT2D eigenvalue weighted by Crippen LogP contribution is 2.39. The first-order valence-electron chi connectivity index (χ1n) is 9.90. The molecule has 30 heavy (non-hydrogen) atoms. The molecule has 0 unspecified atom stereocenters. The minimum atomic E-state index is -0.314. The Morgan fingerprint density at radius 1 is 1.30 bits per heavy atom. The van der Waals surface area contributed by atoms with Crippen molar-refractivity contribution in [2.75, 3.05) is 5.73 Å². The predicted octanol–water partition coefficient (Wildman–Crippen LogP) is 3.89. The van der Waals surface area contributed by atoms with E-state index in [1.807, 2.05) is 34.9 Å². The summed E-state index contributed by atoms with van der Waals surface area (Å²) in [6.45, 7) is 0. The van der Waals surface area contributed by atoms with Crippen molar-refractivity contribution in [2.24, 2.45) is 5.92 Å². The number of nitrogen functional groups attached to an aromatic ring is 1. The van der Waals surface area contributed by atoms with E-state index in [1.165, 1.54) is 0 Å². The number of nitrogens with two attached hydrogens (primary N) is 1. The van der Waals surface area contributed by atoms with Crippen molar-refractivity contribution in [1.82, 2.24) is 24.8 Å². The van der Waals surface area contributed by atoms with E-state index >= 15 is 0 Å². The van der Waals surface area contributed by atoms with Gasteiger partial charge < -0.3 is 10.7 Å². The fourth-order valence-corrected chi connectivity index (χ4v) is 4.74. The second-order valence-corrected chi connectivity index (χ2v) is 8.17. The third kappa shape index (κ3) is 3.00. The summed E-state index contributed by atoms with van der Waals surface area (Å²) in [5.74, 6) is 1.01. The summed E-state index contributed by atoms with van der Waals surface area (Å²) in [6, 6.07) is 7.77. The number of aromatic amines is 1. The first-order valence-corrected chi connectivity index (χ1v) is 10.3. The van der Waals surface area contributed by atoms with Crippen LogP contribution in [0, 0.1) is 5.92 Å². The first kappa shape index (κ1) is 18.9. The zero-order valence-electron chi connectivity index (χ0n) is 16.1. The van der Waals surface area contributed by atoms with Crippen molar-refractivity contribution in [3.8, 4) is 11.4 Å². The molecule has 1 aromatic carbocycles. The lowest BCUT2D eigenvalue weighted by Gasteiger charge is -2.26. The standard InChI is InChI=1S/C21H21ClN6O2/c22-14-3-1-2-13-10-15(25-16(13)14)17-18-19(23)24-8-9-28(18)20(26-17)11-4-6-12(7-5-11)21(29)27-30/h1-3,8-12,25,30H,4-7H2,(H2,23,24)(H,27,29)/t11-,12-. The van der Waals surface area contributed by atoms with Crippen LogP contribution in [0.1, 0.15) is 37.4 Å². The van der Waals surface area contributed by atoms with Crippen molar-refractivity contribution in [1.29, 1.82) is 0 Å². The summed E-state index contributed by atoms with van der Waals surface area (Å²) < 4.78 is 2.00. The maximum atomic E-state index is 11.7. The Kier molecular flexibility index (Phi) is 4.60. The molecule has 0 radical (unpaired) electrons. The molecule has 1 saturated carbocycles. The lowest BCUT2D eigenvalue weighted by Crippen LogP contribution is -2.30. The summed E-state index contributed by atoms with van der Waals surface area (Å²) in [5, 5.41) is 10.5. The summed E-state index contributed by atoms with van der Waals surface area (Å²) >= 11 is 6.34. The molecule has 0 aliphatic heterocycles. The van der Waals surface area contributed by atoms with Gasteiger partial charge in [-0.2, -0.15) is 0 Å². The van der Waals surface area contributed by atoms with E-state index in [0.29, 0.717) is 23.7 Å². The van der Waals surface area contributed by atoms with Crippen molar-refractivity contribution < 1.29 is 10.0 Å². The molecule has 5 N–H and O–H groups in total. The Morgan fingerprint density at radius 2 is 2.10 bits per heavy atom. The van der Waals surface area contributed by atoms with E-state index < -0.39 is 0 Å². The van der Waals surface area contributed by atoms with Crippen LogP contribution in [0.3, 0.4) is 0 Å². The van der Waals surface area contributed by atoms with Gasteiger partial charge in [0, 0.05) is 29.6 Å². The highest BCUT2D eigenvalue weighted by atomic mass is 35.5. The number of rotatable bonds is 3. The quantitative estimate of drug-likeness (QED) is 0.293. The van der Waals surface area contributed by atoms with E-state index in [-0.39, 0.29) is 17.7 Å². The van der Waals surface area contributed by atoms with Crippen molar-refractivity contribution in [3.05, 3.63) is 47.5 Å². The molecule has 3 heterocycles. The van der Waals surface area contributed by atoms with Crippen LogP contribution in [-0.4, -0.2) is 30.5 Å². The summed E-state index contributed by atoms with van der Waals surface area (Å²) in [6.07, 6.45) is 6.55. The Balaban J connectivity index is 1.59. The number of benzene rings is 1. The number of amides is 1. The van der Waals surface area contributed by atoms with E-state index in [0.717, 1.165) is 46.5 Å². The number of hydrogen-bond donors (Lipinski definition) is 4. The smallest absolute Gasteiger partial charge is 0.246 e. The number of aromatic nitrogens is 4. The van der Waals surface area contributed by atoms with Gasteiger partial charge in [0.2, 0.25) is 5.91 Å². The summed E-state index contributed by atoms with van der Waals surface area (Å²) in [4.78, 5) is 24.4. The Morgan fingerprint density at radius 3 is 2.83 bits per heavy atom. The number of hydroxylamine groups is 1. The van der Waals surface area contributed by atoms with Gasteiger partial charge in [0.05, 0.1) is 16.2 Å². The number of carbonyl (C=O) groups excluding carboxylic acids is 1. The Labute approximate surface area is 177 Å². The molecular weight excluding hydrogens is 404 g/mol. The fourth-order valence-electron chi connectivity index (χ4n) is 4.51. The Hall–Kier alpha value is -3.10. The molecule has 1 amide bonds. The van der Waals surface area contributed by atoms with Gasteiger partial charge >= 0.3 is 0 Å². The van der Waals surface area contributed by atoms with Gasteiger partial charge in [-0.05, 0) is 37.8 Å². The number of imidazole rings is 1. The number of hydrogen-bond acceptors (Lipinski definition) is 5. The van der Waals surface area contributed by atoms with Crippen LogP contribution < -0.4 is 11.2 Å². The van der Waals surface area contributed by atoms with Crippen LogP contribution in [0.25, 0.3) is 27.8 Å². The highest BCUT2D eigenvalue weighted by Gasteiger charge is 2.30. The minimum absolute atomic E-state index is 0.167. The average molecular weight is 425 g/mol. The number of anilines is 1. The number of nitrogens with zero attached hydrogens (tertiary/aromatic N) is 3. The van der Waals surface area contributed by atoms with Gasteiger partial charge in [-0.1, -0.05) is 23.7 Å². The number of H-pyrrole nitrogens is 1. The van der Waals surface area contributed by atoms with Crippen LogP contribution in [0.4, 0.5) is 5.82 Å². The highest BCUT2D eigenvalue weighted by molar-refractivity contribution is 6.35. The monoisotopic (exact) mass is 424 g/mol. The van der Waals surface area contributed by atoms with Crippen LogP contribution >= 0.6 is 11.6 Å². The van der Waals surface area contributed by atoms with Gasteiger partial charge in [-0.15, -0.1) is 0 Å². The molecule has 3 aromatic heterocycles. The first-order chi connectivity index (χ1) is 14.6. The summed E-state index contributed by atoms with van der Waals surface area (Å²) in [5.41, 5.74) is 11.2. The number of para-hydroxylation sites is 1. The fraction of sp³-hybridized carbons (Fsp3) is 0.286. The number of carbonyl (C=O) groups is 1. The van der Waals surface area contributed by atoms with Gasteiger partial charge in [-0.25, -0.2) is 15.4 Å². The number of nitrogens with one attached hydrogen (secondary N) is 2. The van der Waals surface area contributed by atoms with Gasteiger partial charge in [0.15, 0.2) is 0 Å². The lowest BCUT2D eigenvalue weighted by molar-refractivity contribution is -0.134. The maximum absolute atomic E-state index is 11.7. The van der Waals surface area contributed by atoms with E-state index in [2.05, 4.69) is 9.97 Å². The average Bonchev–Trinajstić information content (AvgIpc) is 3.37. The predicted molar refractivity (Wildman–Crippen MR) is 114 cm³/mol. The SMILES string of the molecule is Nc1nccn2c1c(-c1cc3cccc(Cl)c3[nH]1)nc2[C@H]1CC[C@H](C(=O)NO)CC1. The van der Waals surface area contributed by atoms with Crippen LogP contribution in [0.2, 0.25) is 5.02 Å². The van der Waals surface area contributed by atoms with E-state index in [1.54, 1.807) is 11.7 Å². The van der Waals surface area contributed by atoms with Crippen LogP contribution in [0.5, 0.6) is 0 Å². The van der Waals surface area contributed by atoms with Crippen LogP contribution in [0.15, 0.2) is 36.7 Å². The third-order valence-electron chi connectivity index (χ3n) is 6.04. The van der Waals surface area contributed by atoms with Crippen molar-refractivity contribution in [2.45, 2.75) is 31.6 Å². The number of halogens is 1. The van der Waals surface area contributed by atoms with E-state index in [4.69, 9.17) is 27.5 Å². The molecule has 0 bridgehead atoms. The number of fused-ring (bicyclic) bond motifs is 2. The topological polar surface area (TPSA) is 121 Å². The molecule has 1 aliphatic carbocycles. The lowest BCUT2D eigenvalue weighted by atomic mass is 9.81. The second-order valence-electron chi connectivity index (χ2n) is 7.76. The normalized spacial score (nSPS) is 19.4. The Bertz CT molecular complexity index is 1260. The molecule has 0 atom stereocenters.